The van der Waals surface area contributed by atoms with Gasteiger partial charge in [0.25, 0.3) is 0 Å². The molecule has 6 aliphatic heterocycles. The Hall–Kier alpha value is -4.05. The number of hydrogen-bond donors (Lipinski definition) is 18. The highest BCUT2D eigenvalue weighted by atomic mass is 16.8. The van der Waals surface area contributed by atoms with E-state index < -0.39 is 285 Å². The lowest BCUT2D eigenvalue weighted by molar-refractivity contribution is -0.366. The minimum Gasteiger partial charge on any atom is -0.452 e. The van der Waals surface area contributed by atoms with Crippen LogP contribution in [0.2, 0.25) is 0 Å². The van der Waals surface area contributed by atoms with Gasteiger partial charge in [0.1, 0.15) is 109 Å². The van der Waals surface area contributed by atoms with Crippen LogP contribution in [0.1, 0.15) is 167 Å². The van der Waals surface area contributed by atoms with Gasteiger partial charge in [-0.1, -0.05) is 84.4 Å². The van der Waals surface area contributed by atoms with E-state index in [9.17, 15) is 102 Å². The molecule has 11 rings (SSSR count). The zero-order chi connectivity index (χ0) is 87.7. The molecule has 0 aromatic rings. The summed E-state index contributed by atoms with van der Waals surface area (Å²) < 4.78 is 85.3. The fraction of sp³-hybridized carbons (Fsp3) is 0.845. The van der Waals surface area contributed by atoms with Crippen molar-refractivity contribution < 1.29 is 173 Å². The van der Waals surface area contributed by atoms with E-state index in [1.54, 1.807) is 0 Å². The second-order valence-electron chi connectivity index (χ2n) is 37.9. The summed E-state index contributed by atoms with van der Waals surface area (Å²) in [6.45, 7) is 26.4. The van der Waals surface area contributed by atoms with Crippen LogP contribution in [0, 0.1) is 50.2 Å². The van der Waals surface area contributed by atoms with Gasteiger partial charge in [-0.25, -0.2) is 9.59 Å². The van der Waals surface area contributed by atoms with Crippen molar-refractivity contribution in [3.05, 3.63) is 60.3 Å². The van der Waals surface area contributed by atoms with Crippen LogP contribution in [0.4, 0.5) is 0 Å². The summed E-state index contributed by atoms with van der Waals surface area (Å²) in [7, 11) is 0. The molecule has 35 nitrogen and oxygen atoms in total. The van der Waals surface area contributed by atoms with Gasteiger partial charge in [-0.2, -0.15) is 0 Å². The van der Waals surface area contributed by atoms with Crippen molar-refractivity contribution in [2.45, 2.75) is 362 Å². The molecule has 0 aromatic carbocycles. The van der Waals surface area contributed by atoms with Gasteiger partial charge in [0.2, 0.25) is 6.29 Å². The van der Waals surface area contributed by atoms with Crippen LogP contribution in [0.15, 0.2) is 60.3 Å². The van der Waals surface area contributed by atoms with Crippen molar-refractivity contribution in [3.63, 3.8) is 0 Å². The normalized spacial score (nSPS) is 47.2. The van der Waals surface area contributed by atoms with Crippen LogP contribution in [-0.2, 0) is 80.7 Å². The molecule has 35 heteroatoms. The number of carbonyl (C=O) groups is 3. The highest BCUT2D eigenvalue weighted by Gasteiger charge is 2.73. The van der Waals surface area contributed by atoms with Crippen molar-refractivity contribution in [1.29, 1.82) is 0 Å². The standard InChI is InChI=1S/C84H132O35/c1-15-79(10,104)25-17-19-38(3)68(101)116-67-64(115-69(102)41(33-85)20-18-26-80(11,105)16-2)53(90)40(5)111-74(67)109-37-47-57(94)60(97)66(118-71-62(99)58(95)52(89)39(4)110-71)75(113-47)119-76(103)84-30-29-77(6,7)31-43(84)42-21-22-49-81(12)27-24-51(78(8,9)48(81)23-28-82(49,13)83(42,14)32-50(84)88)114-72-63(100)59(96)56(93)46(112-72)36-108-73-65(55(92)45(87)35-107-73)117-70-61(98)54(91)44(86)34-106-70/h15-16,19-21,39-40,43-67,70-75,85-100,104-105H,1-2,17-18,22-37H2,3-14H3/b38-19+,41-20+/t39-,40-,43-,44+,45-,46+,47+,48-,49+,50+,51-,52-,53-,54-,55-,56+,57+,58+,59-,60-,61+,62+,63+,64+,65+,66+,67+,70-,71-,72-,73-,74+,75-,79+,80+,81-,82+,83+,84+/m0/s1. The summed E-state index contributed by atoms with van der Waals surface area (Å²) in [5.41, 5.74) is -6.53. The van der Waals surface area contributed by atoms with Crippen LogP contribution in [-0.4, -0.2) is 338 Å². The average molecular weight is 1700 g/mol. The molecule has 6 heterocycles. The number of aliphatic hydroxyl groups excluding tert-OH is 16. The molecule has 10 fully saturated rings. The van der Waals surface area contributed by atoms with Crippen LogP contribution in [0.5, 0.6) is 0 Å². The second-order valence-corrected chi connectivity index (χ2v) is 37.9. The van der Waals surface area contributed by atoms with E-state index in [0.29, 0.717) is 44.9 Å². The molecule has 0 unspecified atom stereocenters. The maximum Gasteiger partial charge on any atom is 0.336 e. The van der Waals surface area contributed by atoms with Gasteiger partial charge in [0, 0.05) is 5.57 Å². The quantitative estimate of drug-likeness (QED) is 0.0159. The molecular weight excluding hydrogens is 1570 g/mol. The molecule has 0 amide bonds. The lowest BCUT2D eigenvalue weighted by Crippen LogP contribution is -2.68. The first-order chi connectivity index (χ1) is 55.6. The SMILES string of the molecule is C=C[C@@](C)(O)CC/C=C(\C)C(=O)O[C@H]1[C@H](OC[C@H]2O[C@@H](OC(=O)[C@]34CCC(C)(C)C[C@H]3C3=CC[C@@H]5[C@@]6(C)CC[C@H](O[C@@H]7O[C@H](CO[C@@H]8OC[C@H](O)[C@H](O)[C@H]8O[C@@H]8OC[C@@H](O)[C@H](O)[C@H]8O)[C@@H](O)[C@H](O)[C@H]7O)C(C)(C)[C@@H]6CC[C@@]5(C)[C@]3(C)C[C@H]4O)[C@H](O[C@@H]3O[C@@H](C)[C@H](O)[C@@H](O)[C@H]3O)[C@@H](O)[C@@H]2O)O[C@@H](C)[C@H](O)[C@H]1OC(=O)/C(=C/CC[C@](C)(O)C=C)CO. The van der Waals surface area contributed by atoms with Crippen LogP contribution >= 0.6 is 0 Å². The first-order valence-corrected chi connectivity index (χ1v) is 41.9. The highest BCUT2D eigenvalue weighted by Crippen LogP contribution is 2.76. The van der Waals surface area contributed by atoms with Crippen LogP contribution < -0.4 is 0 Å². The van der Waals surface area contributed by atoms with E-state index in [0.717, 1.165) is 5.57 Å². The Morgan fingerprint density at radius 2 is 1.06 bits per heavy atom. The van der Waals surface area contributed by atoms with Gasteiger partial charge in [-0.05, 0) is 163 Å². The summed E-state index contributed by atoms with van der Waals surface area (Å²) in [5, 5.41) is 201. The first-order valence-electron chi connectivity index (χ1n) is 41.9. The van der Waals surface area contributed by atoms with Crippen LogP contribution in [0.25, 0.3) is 0 Å². The van der Waals surface area contributed by atoms with Gasteiger partial charge in [0.05, 0.1) is 74.2 Å². The Kier molecular flexibility index (Phi) is 29.8. The van der Waals surface area contributed by atoms with Gasteiger partial charge < -0.3 is 158 Å². The number of hydrogen-bond acceptors (Lipinski definition) is 35. The fourth-order valence-electron chi connectivity index (χ4n) is 20.9. The fourth-order valence-corrected chi connectivity index (χ4v) is 20.9. The molecule has 0 spiro atoms. The zero-order valence-electron chi connectivity index (χ0n) is 70.1. The van der Waals surface area contributed by atoms with E-state index in [4.69, 9.17) is 66.3 Å². The molecule has 0 bridgehead atoms. The minimum absolute atomic E-state index is 0.00378. The predicted molar refractivity (Wildman–Crippen MR) is 411 cm³/mol. The van der Waals surface area contributed by atoms with Gasteiger partial charge in [-0.3, -0.25) is 4.79 Å². The van der Waals surface area contributed by atoms with Crippen molar-refractivity contribution in [3.8, 4) is 0 Å². The van der Waals surface area contributed by atoms with E-state index in [-0.39, 0.29) is 61.5 Å². The zero-order valence-corrected chi connectivity index (χ0v) is 70.1. The van der Waals surface area contributed by atoms with Crippen LogP contribution in [0.3, 0.4) is 0 Å². The third-order valence-electron chi connectivity index (χ3n) is 29.0. The molecule has 678 valence electrons. The Bertz CT molecular complexity index is 3610. The summed E-state index contributed by atoms with van der Waals surface area (Å²) >= 11 is 0. The molecule has 4 saturated carbocycles. The summed E-state index contributed by atoms with van der Waals surface area (Å²) in [5.74, 6) is -3.93. The Morgan fingerprint density at radius 3 is 1.69 bits per heavy atom. The van der Waals surface area contributed by atoms with Gasteiger partial charge >= 0.3 is 17.9 Å². The number of allylic oxidation sites excluding steroid dienone is 4. The molecule has 0 aromatic heterocycles. The molecule has 6 saturated heterocycles. The van der Waals surface area contributed by atoms with E-state index >= 15 is 4.79 Å². The third-order valence-corrected chi connectivity index (χ3v) is 29.0. The number of esters is 3. The van der Waals surface area contributed by atoms with E-state index in [1.165, 1.54) is 58.9 Å². The molecule has 11 aliphatic rings. The molecule has 119 heavy (non-hydrogen) atoms. The molecule has 5 aliphatic carbocycles. The number of rotatable bonds is 27. The second kappa shape index (κ2) is 37.1. The molecule has 18 N–H and O–H groups in total. The smallest absolute Gasteiger partial charge is 0.336 e. The summed E-state index contributed by atoms with van der Waals surface area (Å²) in [6, 6.07) is 0. The van der Waals surface area contributed by atoms with Gasteiger partial charge in [0.15, 0.2) is 49.8 Å². The molecular formula is C84H132O35. The third kappa shape index (κ3) is 18.9. The first kappa shape index (κ1) is 95.6. The maximum atomic E-state index is 16.2. The Balaban J connectivity index is 0.839. The average Bonchev–Trinajstić information content (AvgIpc) is 0.669. The number of ether oxygens (including phenoxy) is 14. The molecule has 39 atom stereocenters. The van der Waals surface area contributed by atoms with E-state index in [2.05, 4.69) is 67.7 Å². The Labute approximate surface area is 693 Å². The monoisotopic (exact) mass is 1700 g/mol. The summed E-state index contributed by atoms with van der Waals surface area (Å²) in [4.78, 5) is 44.4. The lowest BCUT2D eigenvalue weighted by Gasteiger charge is -2.71. The minimum atomic E-state index is -2.15. The number of fused-ring (bicyclic) bond motifs is 7. The van der Waals surface area contributed by atoms with Gasteiger partial charge in [-0.15, -0.1) is 13.2 Å². The lowest BCUT2D eigenvalue weighted by atomic mass is 9.33. The van der Waals surface area contributed by atoms with Crippen molar-refractivity contribution in [2.24, 2.45) is 50.2 Å². The largest absolute Gasteiger partial charge is 0.452 e. The van der Waals surface area contributed by atoms with E-state index in [1.807, 2.05) is 0 Å². The highest BCUT2D eigenvalue weighted by molar-refractivity contribution is 5.89. The topological polar surface area (TPSA) is 545 Å². The number of carbonyl (C=O) groups excluding carboxylic acids is 3. The molecule has 0 radical (unpaired) electrons. The predicted octanol–water partition coefficient (Wildman–Crippen LogP) is -0.682. The Morgan fingerprint density at radius 1 is 0.529 bits per heavy atom. The van der Waals surface area contributed by atoms with Crippen molar-refractivity contribution in [2.75, 3.05) is 33.0 Å². The van der Waals surface area contributed by atoms with Crippen molar-refractivity contribution >= 4 is 17.9 Å². The maximum absolute atomic E-state index is 16.2. The van der Waals surface area contributed by atoms with Crippen molar-refractivity contribution in [1.82, 2.24) is 0 Å². The number of aliphatic hydroxyl groups is 18. The summed E-state index contributed by atoms with van der Waals surface area (Å²) in [6.07, 6.45) is -38.1.